The zero-order valence-electron chi connectivity index (χ0n) is 9.18. The van der Waals surface area contributed by atoms with Gasteiger partial charge in [-0.05, 0) is 18.6 Å². The number of nitrogens with zero attached hydrogens (tertiary/aromatic N) is 2. The van der Waals surface area contributed by atoms with Gasteiger partial charge in [0.15, 0.2) is 0 Å². The molecule has 86 valence electrons. The number of aliphatic hydroxyl groups is 1. The summed E-state index contributed by atoms with van der Waals surface area (Å²) in [5, 5.41) is 20.6. The molecule has 0 saturated heterocycles. The standard InChI is InChI=1S/C11H15N3O2/c1-16-8-11(4-5-15)14-10-3-2-9(6-12)13-7-10/h2-3,7,11,14-15H,4-5,8H2,1H3. The summed E-state index contributed by atoms with van der Waals surface area (Å²) < 4.78 is 5.03. The molecule has 5 nitrogen and oxygen atoms in total. The molecule has 0 aliphatic rings. The van der Waals surface area contributed by atoms with Gasteiger partial charge in [0.2, 0.25) is 0 Å². The van der Waals surface area contributed by atoms with Gasteiger partial charge >= 0.3 is 0 Å². The number of methoxy groups -OCH3 is 1. The largest absolute Gasteiger partial charge is 0.396 e. The third-order valence-electron chi connectivity index (χ3n) is 2.09. The molecule has 1 aromatic rings. The van der Waals surface area contributed by atoms with Crippen LogP contribution >= 0.6 is 0 Å². The van der Waals surface area contributed by atoms with Crippen molar-refractivity contribution in [2.24, 2.45) is 0 Å². The van der Waals surface area contributed by atoms with E-state index in [-0.39, 0.29) is 12.6 Å². The van der Waals surface area contributed by atoms with Crippen molar-refractivity contribution in [1.82, 2.24) is 4.98 Å². The molecule has 2 N–H and O–H groups in total. The second-order valence-corrected chi connectivity index (χ2v) is 3.35. The summed E-state index contributed by atoms with van der Waals surface area (Å²) in [7, 11) is 1.61. The van der Waals surface area contributed by atoms with Crippen molar-refractivity contribution < 1.29 is 9.84 Å². The van der Waals surface area contributed by atoms with Crippen LogP contribution in [0.15, 0.2) is 18.3 Å². The van der Waals surface area contributed by atoms with Crippen LogP contribution in [0.1, 0.15) is 12.1 Å². The molecule has 0 fully saturated rings. The highest BCUT2D eigenvalue weighted by molar-refractivity contribution is 5.43. The topological polar surface area (TPSA) is 78.2 Å². The Morgan fingerprint density at radius 2 is 2.44 bits per heavy atom. The Labute approximate surface area is 94.7 Å². The Kier molecular flexibility index (Phi) is 5.26. The molecule has 0 amide bonds. The highest BCUT2D eigenvalue weighted by atomic mass is 16.5. The monoisotopic (exact) mass is 221 g/mol. The Bertz CT molecular complexity index is 339. The first kappa shape index (κ1) is 12.4. The molecule has 1 rings (SSSR count). The molecule has 0 aliphatic carbocycles. The first-order chi connectivity index (χ1) is 7.80. The van der Waals surface area contributed by atoms with Gasteiger partial charge in [0, 0.05) is 13.7 Å². The number of nitriles is 1. The number of anilines is 1. The minimum Gasteiger partial charge on any atom is -0.396 e. The lowest BCUT2D eigenvalue weighted by Gasteiger charge is -2.17. The summed E-state index contributed by atoms with van der Waals surface area (Å²) in [6, 6.07) is 5.43. The van der Waals surface area contributed by atoms with E-state index < -0.39 is 0 Å². The van der Waals surface area contributed by atoms with Gasteiger partial charge in [0.25, 0.3) is 0 Å². The molecule has 0 aromatic carbocycles. The van der Waals surface area contributed by atoms with E-state index in [2.05, 4.69) is 10.3 Å². The van der Waals surface area contributed by atoms with Gasteiger partial charge in [-0.2, -0.15) is 5.26 Å². The van der Waals surface area contributed by atoms with E-state index in [4.69, 9.17) is 15.1 Å². The van der Waals surface area contributed by atoms with Crippen LogP contribution in [-0.4, -0.2) is 36.5 Å². The number of hydrogen-bond acceptors (Lipinski definition) is 5. The van der Waals surface area contributed by atoms with E-state index in [1.807, 2.05) is 6.07 Å². The van der Waals surface area contributed by atoms with Crippen molar-refractivity contribution in [2.45, 2.75) is 12.5 Å². The number of pyridine rings is 1. The quantitative estimate of drug-likeness (QED) is 0.741. The highest BCUT2D eigenvalue weighted by Crippen LogP contribution is 2.09. The first-order valence-electron chi connectivity index (χ1n) is 5.02. The molecular formula is C11H15N3O2. The first-order valence-corrected chi connectivity index (χ1v) is 5.02. The number of ether oxygens (including phenoxy) is 1. The zero-order valence-corrected chi connectivity index (χ0v) is 9.18. The molecule has 0 saturated carbocycles. The minimum atomic E-state index is 0.0461. The van der Waals surface area contributed by atoms with Crippen molar-refractivity contribution in [2.75, 3.05) is 25.6 Å². The summed E-state index contributed by atoms with van der Waals surface area (Å²) in [4.78, 5) is 3.94. The van der Waals surface area contributed by atoms with Crippen LogP contribution in [0.5, 0.6) is 0 Å². The van der Waals surface area contributed by atoms with Gasteiger partial charge in [-0.1, -0.05) is 0 Å². The van der Waals surface area contributed by atoms with Crippen LogP contribution in [0.25, 0.3) is 0 Å². The van der Waals surface area contributed by atoms with Crippen LogP contribution in [-0.2, 0) is 4.74 Å². The molecule has 1 aromatic heterocycles. The summed E-state index contributed by atoms with van der Waals surface area (Å²) in [5.41, 5.74) is 1.20. The number of aromatic nitrogens is 1. The van der Waals surface area contributed by atoms with Gasteiger partial charge in [0.05, 0.1) is 24.5 Å². The summed E-state index contributed by atoms with van der Waals surface area (Å²) >= 11 is 0. The van der Waals surface area contributed by atoms with Crippen molar-refractivity contribution in [3.63, 3.8) is 0 Å². The number of aliphatic hydroxyl groups excluding tert-OH is 1. The van der Waals surface area contributed by atoms with E-state index >= 15 is 0 Å². The smallest absolute Gasteiger partial charge is 0.140 e. The SMILES string of the molecule is COCC(CCO)Nc1ccc(C#N)nc1. The molecule has 0 radical (unpaired) electrons. The van der Waals surface area contributed by atoms with E-state index in [1.165, 1.54) is 0 Å². The average molecular weight is 221 g/mol. The van der Waals surface area contributed by atoms with Crippen molar-refractivity contribution in [3.8, 4) is 6.07 Å². The maximum absolute atomic E-state index is 8.87. The van der Waals surface area contributed by atoms with Crippen LogP contribution in [0, 0.1) is 11.3 Å². The van der Waals surface area contributed by atoms with Gasteiger partial charge in [-0.3, -0.25) is 0 Å². The van der Waals surface area contributed by atoms with Crippen LogP contribution in [0.3, 0.4) is 0 Å². The van der Waals surface area contributed by atoms with Crippen molar-refractivity contribution >= 4 is 5.69 Å². The Balaban J connectivity index is 2.59. The zero-order chi connectivity index (χ0) is 11.8. The number of hydrogen-bond donors (Lipinski definition) is 2. The number of nitrogens with one attached hydrogen (secondary N) is 1. The predicted octanol–water partition coefficient (Wildman–Crippen LogP) is 0.763. The van der Waals surface area contributed by atoms with Gasteiger partial charge in [-0.15, -0.1) is 0 Å². The molecule has 0 spiro atoms. The Hall–Kier alpha value is -1.64. The van der Waals surface area contributed by atoms with E-state index in [0.717, 1.165) is 5.69 Å². The maximum Gasteiger partial charge on any atom is 0.140 e. The fraction of sp³-hybridized carbons (Fsp3) is 0.455. The van der Waals surface area contributed by atoms with Crippen molar-refractivity contribution in [3.05, 3.63) is 24.0 Å². The summed E-state index contributed by atoms with van der Waals surface area (Å²) in [5.74, 6) is 0. The molecule has 16 heavy (non-hydrogen) atoms. The number of rotatable bonds is 6. The second-order valence-electron chi connectivity index (χ2n) is 3.35. The molecular weight excluding hydrogens is 206 g/mol. The summed E-state index contributed by atoms with van der Waals surface area (Å²) in [6.45, 7) is 0.616. The maximum atomic E-state index is 8.87. The summed E-state index contributed by atoms with van der Waals surface area (Å²) in [6.07, 6.45) is 2.20. The molecule has 1 heterocycles. The van der Waals surface area contributed by atoms with E-state index in [0.29, 0.717) is 18.7 Å². The Morgan fingerprint density at radius 3 is 2.94 bits per heavy atom. The fourth-order valence-electron chi connectivity index (χ4n) is 1.34. The molecule has 1 atom stereocenters. The van der Waals surface area contributed by atoms with Crippen LogP contribution in [0.2, 0.25) is 0 Å². The van der Waals surface area contributed by atoms with Crippen LogP contribution < -0.4 is 5.32 Å². The van der Waals surface area contributed by atoms with Crippen LogP contribution in [0.4, 0.5) is 5.69 Å². The molecule has 0 aliphatic heterocycles. The molecule has 5 heteroatoms. The molecule has 0 bridgehead atoms. The average Bonchev–Trinajstić information content (AvgIpc) is 2.31. The lowest BCUT2D eigenvalue weighted by Crippen LogP contribution is -2.26. The predicted molar refractivity (Wildman–Crippen MR) is 59.9 cm³/mol. The minimum absolute atomic E-state index is 0.0461. The van der Waals surface area contributed by atoms with E-state index in [9.17, 15) is 0 Å². The second kappa shape index (κ2) is 6.77. The third kappa shape index (κ3) is 3.85. The highest BCUT2D eigenvalue weighted by Gasteiger charge is 2.07. The lowest BCUT2D eigenvalue weighted by atomic mass is 10.2. The molecule has 1 unspecified atom stereocenters. The third-order valence-corrected chi connectivity index (χ3v) is 2.09. The van der Waals surface area contributed by atoms with Gasteiger partial charge < -0.3 is 15.2 Å². The lowest BCUT2D eigenvalue weighted by molar-refractivity contribution is 0.170. The van der Waals surface area contributed by atoms with E-state index in [1.54, 1.807) is 25.4 Å². The van der Waals surface area contributed by atoms with Gasteiger partial charge in [0.1, 0.15) is 11.8 Å². The normalized spacial score (nSPS) is 11.8. The van der Waals surface area contributed by atoms with Gasteiger partial charge in [-0.25, -0.2) is 4.98 Å². The Morgan fingerprint density at radius 1 is 1.62 bits per heavy atom. The fourth-order valence-corrected chi connectivity index (χ4v) is 1.34. The van der Waals surface area contributed by atoms with Crippen molar-refractivity contribution in [1.29, 1.82) is 5.26 Å².